The van der Waals surface area contributed by atoms with Crippen LogP contribution >= 0.6 is 0 Å². The van der Waals surface area contributed by atoms with Crippen molar-refractivity contribution in [1.82, 2.24) is 4.90 Å². The van der Waals surface area contributed by atoms with E-state index in [4.69, 9.17) is 0 Å². The maximum absolute atomic E-state index is 9.60. The van der Waals surface area contributed by atoms with Crippen molar-refractivity contribution < 1.29 is 4.79 Å². The molecule has 0 N–H and O–H groups in total. The van der Waals surface area contributed by atoms with Gasteiger partial charge in [-0.15, -0.1) is 0 Å². The van der Waals surface area contributed by atoms with Crippen molar-refractivity contribution in [3.8, 4) is 0 Å². The molecule has 0 heterocycles. The predicted octanol–water partition coefficient (Wildman–Crippen LogP) is 0.492. The molecule has 0 fully saturated rings. The zero-order valence-corrected chi connectivity index (χ0v) is 5.79. The van der Waals surface area contributed by atoms with Gasteiger partial charge in [-0.1, -0.05) is 12.2 Å². The van der Waals surface area contributed by atoms with Gasteiger partial charge in [-0.3, -0.25) is 0 Å². The molecule has 0 aromatic rings. The molecule has 0 amide bonds. The largest absolute Gasteiger partial charge is 0.306 e. The molecule has 0 aromatic carbocycles. The molecule has 0 rings (SSSR count). The van der Waals surface area contributed by atoms with Gasteiger partial charge < -0.3 is 4.90 Å². The third-order valence-corrected chi connectivity index (χ3v) is 0.771. The molecular weight excluding hydrogens is 114 g/mol. The van der Waals surface area contributed by atoms with Gasteiger partial charge >= 0.3 is 0 Å². The molecule has 0 bridgehead atoms. The van der Waals surface area contributed by atoms with E-state index in [9.17, 15) is 4.79 Å². The molecule has 0 aliphatic heterocycles. The van der Waals surface area contributed by atoms with E-state index in [1.165, 1.54) is 6.08 Å². The first-order chi connectivity index (χ1) is 4.27. The number of likely N-dealkylation sites (N-methyl/N-ethyl adjacent to an activating group) is 1. The normalized spacial score (nSPS) is 10.1. The molecular formula is C7H11NO. The van der Waals surface area contributed by atoms with E-state index in [-0.39, 0.29) is 0 Å². The van der Waals surface area contributed by atoms with E-state index in [0.717, 1.165) is 6.54 Å². The smallest absolute Gasteiger partial charge is 0.124 e. The molecule has 2 heteroatoms. The standard InChI is InChI=1S/C7H11NO/c1-8(2)6-4-3-5-7-9/h3-5H,6H2,1-2H3. The number of hydrogen-bond acceptors (Lipinski definition) is 2. The van der Waals surface area contributed by atoms with Gasteiger partial charge in [0, 0.05) is 12.6 Å². The number of allylic oxidation sites excluding steroid dienone is 2. The summed E-state index contributed by atoms with van der Waals surface area (Å²) in [5.41, 5.74) is 0. The van der Waals surface area contributed by atoms with Crippen LogP contribution in [0.15, 0.2) is 18.2 Å². The molecule has 0 spiro atoms. The molecule has 9 heavy (non-hydrogen) atoms. The average Bonchev–Trinajstić information content (AvgIpc) is 1.80. The quantitative estimate of drug-likeness (QED) is 0.404. The molecule has 0 aliphatic carbocycles. The molecule has 50 valence electrons. The maximum Gasteiger partial charge on any atom is 0.124 e. The van der Waals surface area contributed by atoms with E-state index in [1.807, 2.05) is 25.1 Å². The molecule has 0 radical (unpaired) electrons. The van der Waals surface area contributed by atoms with E-state index in [1.54, 1.807) is 12.0 Å². The van der Waals surface area contributed by atoms with E-state index < -0.39 is 0 Å². The van der Waals surface area contributed by atoms with Gasteiger partial charge in [-0.2, -0.15) is 0 Å². The Bertz CT molecular complexity index is 132. The Morgan fingerprint density at radius 2 is 2.22 bits per heavy atom. The Hall–Kier alpha value is -0.850. The third kappa shape index (κ3) is 7.15. The Kier molecular flexibility index (Phi) is 4.79. The summed E-state index contributed by atoms with van der Waals surface area (Å²) in [6, 6.07) is 0. The first kappa shape index (κ1) is 8.15. The summed E-state index contributed by atoms with van der Waals surface area (Å²) in [7, 11) is 3.93. The van der Waals surface area contributed by atoms with E-state index in [0.29, 0.717) is 0 Å². The Morgan fingerprint density at radius 3 is 2.67 bits per heavy atom. The van der Waals surface area contributed by atoms with Crippen LogP contribution in [0.1, 0.15) is 0 Å². The summed E-state index contributed by atoms with van der Waals surface area (Å²) < 4.78 is 0. The Balaban J connectivity index is 3.36. The lowest BCUT2D eigenvalue weighted by Crippen LogP contribution is -2.10. The number of nitrogens with zero attached hydrogens (tertiary/aromatic N) is 1. The highest BCUT2D eigenvalue weighted by atomic mass is 16.1. The lowest BCUT2D eigenvalue weighted by Gasteiger charge is -2.02. The van der Waals surface area contributed by atoms with Gasteiger partial charge in [0.2, 0.25) is 0 Å². The molecule has 2 nitrogen and oxygen atoms in total. The number of rotatable bonds is 3. The van der Waals surface area contributed by atoms with E-state index in [2.05, 4.69) is 0 Å². The van der Waals surface area contributed by atoms with Gasteiger partial charge in [-0.25, -0.2) is 4.79 Å². The first-order valence-electron chi connectivity index (χ1n) is 2.78. The maximum atomic E-state index is 9.60. The van der Waals surface area contributed by atoms with Crippen LogP contribution in [0.4, 0.5) is 0 Å². The van der Waals surface area contributed by atoms with Crippen molar-refractivity contribution in [3.63, 3.8) is 0 Å². The fourth-order valence-electron chi connectivity index (χ4n) is 0.379. The molecule has 0 saturated carbocycles. The van der Waals surface area contributed by atoms with Crippen LogP contribution < -0.4 is 0 Å². The first-order valence-corrected chi connectivity index (χ1v) is 2.78. The Morgan fingerprint density at radius 1 is 1.56 bits per heavy atom. The summed E-state index contributed by atoms with van der Waals surface area (Å²) in [5, 5.41) is 0. The SMILES string of the molecule is CN(C)CC=CC=C=O. The van der Waals surface area contributed by atoms with Gasteiger partial charge in [0.25, 0.3) is 0 Å². The van der Waals surface area contributed by atoms with Gasteiger partial charge in [0.05, 0.1) is 0 Å². The average molecular weight is 125 g/mol. The van der Waals surface area contributed by atoms with Crippen molar-refractivity contribution in [2.75, 3.05) is 20.6 Å². The van der Waals surface area contributed by atoms with Crippen molar-refractivity contribution in [3.05, 3.63) is 18.2 Å². The topological polar surface area (TPSA) is 20.3 Å². The van der Waals surface area contributed by atoms with Crippen molar-refractivity contribution in [2.24, 2.45) is 0 Å². The zero-order valence-electron chi connectivity index (χ0n) is 5.79. The summed E-state index contributed by atoms with van der Waals surface area (Å²) in [6.07, 6.45) is 4.93. The van der Waals surface area contributed by atoms with Gasteiger partial charge in [-0.05, 0) is 14.1 Å². The highest BCUT2D eigenvalue weighted by Crippen LogP contribution is 1.76. The molecule has 0 saturated heterocycles. The second-order valence-corrected chi connectivity index (χ2v) is 1.97. The summed E-state index contributed by atoms with van der Waals surface area (Å²) >= 11 is 0. The second-order valence-electron chi connectivity index (χ2n) is 1.97. The second kappa shape index (κ2) is 5.29. The van der Waals surface area contributed by atoms with Crippen LogP contribution in [0.5, 0.6) is 0 Å². The van der Waals surface area contributed by atoms with E-state index >= 15 is 0 Å². The fourth-order valence-corrected chi connectivity index (χ4v) is 0.379. The lowest BCUT2D eigenvalue weighted by molar-refractivity contribution is 0.456. The molecule has 0 atom stereocenters. The highest BCUT2D eigenvalue weighted by Gasteiger charge is 1.78. The molecule has 0 unspecified atom stereocenters. The van der Waals surface area contributed by atoms with Gasteiger partial charge in [0.1, 0.15) is 5.94 Å². The van der Waals surface area contributed by atoms with Crippen LogP contribution in [-0.2, 0) is 4.79 Å². The van der Waals surface area contributed by atoms with Crippen molar-refractivity contribution in [2.45, 2.75) is 0 Å². The number of carbonyl (C=O) groups excluding carboxylic acids is 1. The molecule has 0 aliphatic rings. The summed E-state index contributed by atoms with van der Waals surface area (Å²) in [6.45, 7) is 0.859. The van der Waals surface area contributed by atoms with Crippen molar-refractivity contribution in [1.29, 1.82) is 0 Å². The highest BCUT2D eigenvalue weighted by molar-refractivity contribution is 5.48. The van der Waals surface area contributed by atoms with Crippen LogP contribution in [0.2, 0.25) is 0 Å². The Labute approximate surface area is 55.5 Å². The lowest BCUT2D eigenvalue weighted by atomic mass is 10.4. The zero-order chi connectivity index (χ0) is 7.11. The predicted molar refractivity (Wildman–Crippen MR) is 38.0 cm³/mol. The molecule has 0 aromatic heterocycles. The van der Waals surface area contributed by atoms with Gasteiger partial charge in [0.15, 0.2) is 0 Å². The summed E-state index contributed by atoms with van der Waals surface area (Å²) in [4.78, 5) is 11.6. The fraction of sp³-hybridized carbons (Fsp3) is 0.429. The minimum atomic E-state index is 0.859. The summed E-state index contributed by atoms with van der Waals surface area (Å²) in [5.74, 6) is 1.66. The van der Waals surface area contributed by atoms with Crippen LogP contribution in [0.25, 0.3) is 0 Å². The third-order valence-electron chi connectivity index (χ3n) is 0.771. The van der Waals surface area contributed by atoms with Crippen LogP contribution in [0, 0.1) is 0 Å². The van der Waals surface area contributed by atoms with Crippen LogP contribution in [0.3, 0.4) is 0 Å². The van der Waals surface area contributed by atoms with Crippen molar-refractivity contribution >= 4 is 5.94 Å². The minimum Gasteiger partial charge on any atom is -0.306 e. The monoisotopic (exact) mass is 125 g/mol. The van der Waals surface area contributed by atoms with Crippen LogP contribution in [-0.4, -0.2) is 31.5 Å². The minimum absolute atomic E-state index is 0.859. The number of hydrogen-bond donors (Lipinski definition) is 0.